The molecule has 4 rings (SSSR count). The van der Waals surface area contributed by atoms with Gasteiger partial charge in [-0.15, -0.1) is 0 Å². The molecule has 0 aliphatic heterocycles. The van der Waals surface area contributed by atoms with E-state index in [2.05, 4.69) is 40.7 Å². The number of allylic oxidation sites excluding steroid dienone is 4. The lowest BCUT2D eigenvalue weighted by molar-refractivity contribution is -0.0402. The van der Waals surface area contributed by atoms with Crippen molar-refractivity contribution in [2.45, 2.75) is 118 Å². The summed E-state index contributed by atoms with van der Waals surface area (Å²) in [5, 5.41) is 10.2. The zero-order chi connectivity index (χ0) is 20.8. The van der Waals surface area contributed by atoms with Gasteiger partial charge in [0.05, 0.1) is 6.10 Å². The molecule has 0 aromatic heterocycles. The topological polar surface area (TPSA) is 20.2 Å². The Morgan fingerprint density at radius 3 is 2.48 bits per heavy atom. The van der Waals surface area contributed by atoms with E-state index in [0.29, 0.717) is 10.8 Å². The van der Waals surface area contributed by atoms with Crippen LogP contribution >= 0.6 is 0 Å². The molecular formula is C28H46O. The molecule has 29 heavy (non-hydrogen) atoms. The van der Waals surface area contributed by atoms with Crippen LogP contribution in [0.4, 0.5) is 0 Å². The second-order valence-corrected chi connectivity index (χ2v) is 11.8. The zero-order valence-electron chi connectivity index (χ0n) is 19.9. The number of rotatable bonds is 5. The molecule has 1 nitrogen and oxygen atoms in total. The van der Waals surface area contributed by atoms with Crippen molar-refractivity contribution in [2.24, 2.45) is 34.5 Å². The second kappa shape index (κ2) is 8.18. The third-order valence-electron chi connectivity index (χ3n) is 10.4. The van der Waals surface area contributed by atoms with E-state index in [1.54, 1.807) is 11.1 Å². The van der Waals surface area contributed by atoms with Crippen LogP contribution in [0.15, 0.2) is 22.8 Å². The summed E-state index contributed by atoms with van der Waals surface area (Å²) in [6, 6.07) is 0. The Morgan fingerprint density at radius 2 is 1.76 bits per heavy atom. The molecule has 0 heterocycles. The van der Waals surface area contributed by atoms with Crippen molar-refractivity contribution in [3.8, 4) is 0 Å². The molecule has 7 atom stereocenters. The largest absolute Gasteiger partial charge is 0.393 e. The van der Waals surface area contributed by atoms with Gasteiger partial charge < -0.3 is 5.11 Å². The van der Waals surface area contributed by atoms with Gasteiger partial charge in [0.2, 0.25) is 0 Å². The number of aliphatic hydroxyl groups is 1. The normalized spacial score (nSPS) is 43.8. The molecule has 3 fully saturated rings. The summed E-state index contributed by atoms with van der Waals surface area (Å²) in [7, 11) is 0. The van der Waals surface area contributed by atoms with Crippen LogP contribution in [-0.4, -0.2) is 11.2 Å². The molecule has 0 aromatic carbocycles. The van der Waals surface area contributed by atoms with Crippen LogP contribution in [0.3, 0.4) is 0 Å². The van der Waals surface area contributed by atoms with E-state index in [0.717, 1.165) is 36.5 Å². The van der Waals surface area contributed by atoms with E-state index in [1.807, 2.05) is 5.57 Å². The van der Waals surface area contributed by atoms with Crippen molar-refractivity contribution in [3.05, 3.63) is 22.8 Å². The van der Waals surface area contributed by atoms with Gasteiger partial charge in [-0.3, -0.25) is 0 Å². The molecule has 4 aliphatic rings. The molecule has 0 radical (unpaired) electrons. The van der Waals surface area contributed by atoms with Gasteiger partial charge in [0.1, 0.15) is 0 Å². The van der Waals surface area contributed by atoms with E-state index in [1.165, 1.54) is 64.2 Å². The summed E-state index contributed by atoms with van der Waals surface area (Å²) < 4.78 is 0. The molecule has 4 aliphatic carbocycles. The third kappa shape index (κ3) is 3.68. The Balaban J connectivity index is 1.46. The van der Waals surface area contributed by atoms with E-state index >= 15 is 0 Å². The molecule has 0 bridgehead atoms. The summed E-state index contributed by atoms with van der Waals surface area (Å²) in [6.07, 6.45) is 18.3. The van der Waals surface area contributed by atoms with E-state index < -0.39 is 0 Å². The van der Waals surface area contributed by atoms with Crippen molar-refractivity contribution in [2.75, 3.05) is 0 Å². The average molecular weight is 399 g/mol. The molecule has 1 N–H and O–H groups in total. The first-order chi connectivity index (χ1) is 13.8. The SMILES string of the molecule is CCC(CCC[C@H]1CC[C@H]2C3=CC[C@H]4C[C@@H](O)CC[C@]4(C)[C@H]3CC[C@]12C)=C(C)C. The third-order valence-corrected chi connectivity index (χ3v) is 10.4. The fraction of sp³-hybridized carbons (Fsp3) is 0.857. The maximum atomic E-state index is 10.2. The van der Waals surface area contributed by atoms with Crippen molar-refractivity contribution in [1.29, 1.82) is 0 Å². The van der Waals surface area contributed by atoms with Gasteiger partial charge in [-0.2, -0.15) is 0 Å². The van der Waals surface area contributed by atoms with E-state index in [4.69, 9.17) is 0 Å². The second-order valence-electron chi connectivity index (χ2n) is 11.8. The molecule has 0 aromatic rings. The van der Waals surface area contributed by atoms with Gasteiger partial charge in [-0.25, -0.2) is 0 Å². The molecule has 164 valence electrons. The van der Waals surface area contributed by atoms with Crippen molar-refractivity contribution >= 4 is 0 Å². The zero-order valence-corrected chi connectivity index (χ0v) is 19.9. The van der Waals surface area contributed by atoms with Crippen molar-refractivity contribution in [3.63, 3.8) is 0 Å². The maximum Gasteiger partial charge on any atom is 0.0543 e. The predicted octanol–water partition coefficient (Wildman–Crippen LogP) is 7.84. The Morgan fingerprint density at radius 1 is 1.03 bits per heavy atom. The quantitative estimate of drug-likeness (QED) is 0.468. The van der Waals surface area contributed by atoms with Gasteiger partial charge in [-0.1, -0.05) is 43.6 Å². The Labute approximate surface area is 180 Å². The molecule has 1 heteroatoms. The average Bonchev–Trinajstić information content (AvgIpc) is 3.02. The summed E-state index contributed by atoms with van der Waals surface area (Å²) in [5.41, 5.74) is 6.13. The highest BCUT2D eigenvalue weighted by atomic mass is 16.3. The Bertz CT molecular complexity index is 668. The van der Waals surface area contributed by atoms with Gasteiger partial charge in [-0.05, 0) is 125 Å². The van der Waals surface area contributed by atoms with Crippen LogP contribution in [0.2, 0.25) is 0 Å². The molecule has 3 saturated carbocycles. The fourth-order valence-electron chi connectivity index (χ4n) is 8.41. The number of fused-ring (bicyclic) bond motifs is 5. The van der Waals surface area contributed by atoms with E-state index in [-0.39, 0.29) is 6.10 Å². The lowest BCUT2D eigenvalue weighted by Crippen LogP contribution is -2.49. The maximum absolute atomic E-state index is 10.2. The Kier molecular flexibility index (Phi) is 6.11. The summed E-state index contributed by atoms with van der Waals surface area (Å²) in [6.45, 7) is 12.2. The number of hydrogen-bond acceptors (Lipinski definition) is 1. The van der Waals surface area contributed by atoms with Crippen LogP contribution in [0.1, 0.15) is 112 Å². The minimum absolute atomic E-state index is 0.0402. The summed E-state index contributed by atoms with van der Waals surface area (Å²) in [4.78, 5) is 0. The molecule has 0 spiro atoms. The molecular weight excluding hydrogens is 352 g/mol. The number of aliphatic hydroxyl groups excluding tert-OH is 1. The predicted molar refractivity (Wildman–Crippen MR) is 124 cm³/mol. The minimum atomic E-state index is -0.0402. The monoisotopic (exact) mass is 398 g/mol. The van der Waals surface area contributed by atoms with Gasteiger partial charge >= 0.3 is 0 Å². The van der Waals surface area contributed by atoms with Crippen LogP contribution < -0.4 is 0 Å². The van der Waals surface area contributed by atoms with Gasteiger partial charge in [0.25, 0.3) is 0 Å². The van der Waals surface area contributed by atoms with Crippen LogP contribution in [-0.2, 0) is 0 Å². The smallest absolute Gasteiger partial charge is 0.0543 e. The summed E-state index contributed by atoms with van der Waals surface area (Å²) in [5.74, 6) is 3.31. The first-order valence-electron chi connectivity index (χ1n) is 12.8. The minimum Gasteiger partial charge on any atom is -0.393 e. The van der Waals surface area contributed by atoms with Gasteiger partial charge in [0, 0.05) is 0 Å². The lowest BCUT2D eigenvalue weighted by atomic mass is 9.48. The van der Waals surface area contributed by atoms with Crippen molar-refractivity contribution < 1.29 is 5.11 Å². The first-order valence-corrected chi connectivity index (χ1v) is 12.8. The van der Waals surface area contributed by atoms with Crippen LogP contribution in [0.25, 0.3) is 0 Å². The van der Waals surface area contributed by atoms with Crippen LogP contribution in [0, 0.1) is 34.5 Å². The standard InChI is InChI=1S/C28H46O/c1-6-20(19(2)3)8-7-9-21-11-13-25-24-12-10-22-18-23(29)14-16-28(22,5)26(24)15-17-27(21,25)4/h12,21-23,25-26,29H,6-11,13-18H2,1-5H3/t21-,22-,23-,25-,26-,27+,28-/m0/s1. The Hall–Kier alpha value is -0.560. The number of hydrogen-bond donors (Lipinski definition) is 1. The van der Waals surface area contributed by atoms with Crippen molar-refractivity contribution in [1.82, 2.24) is 0 Å². The first kappa shape index (κ1) is 21.7. The van der Waals surface area contributed by atoms with Gasteiger partial charge in [0.15, 0.2) is 0 Å². The van der Waals surface area contributed by atoms with Crippen LogP contribution in [0.5, 0.6) is 0 Å². The lowest BCUT2D eigenvalue weighted by Gasteiger charge is -2.57. The fourth-order valence-corrected chi connectivity index (χ4v) is 8.41. The molecule has 0 unspecified atom stereocenters. The highest BCUT2D eigenvalue weighted by Gasteiger charge is 2.57. The highest BCUT2D eigenvalue weighted by Crippen LogP contribution is 2.66. The summed E-state index contributed by atoms with van der Waals surface area (Å²) >= 11 is 0. The van der Waals surface area contributed by atoms with E-state index in [9.17, 15) is 5.11 Å². The highest BCUT2D eigenvalue weighted by molar-refractivity contribution is 5.27. The molecule has 0 amide bonds. The molecule has 0 saturated heterocycles.